The van der Waals surface area contributed by atoms with Crippen molar-refractivity contribution in [1.29, 1.82) is 0 Å². The summed E-state index contributed by atoms with van der Waals surface area (Å²) in [6.07, 6.45) is 0. The summed E-state index contributed by atoms with van der Waals surface area (Å²) in [5.74, 6) is 0. The zero-order valence-corrected chi connectivity index (χ0v) is 6.72. The Kier molecular flexibility index (Phi) is 5.38. The second kappa shape index (κ2) is 5.52. The molecule has 0 amide bonds. The molecule has 0 spiro atoms. The molecule has 0 atom stereocenters. The Hall–Kier alpha value is -0.260. The molecule has 0 aromatic heterocycles. The first kappa shape index (κ1) is 9.74. The third-order valence-corrected chi connectivity index (χ3v) is 1.15. The van der Waals surface area contributed by atoms with Gasteiger partial charge in [-0.3, -0.25) is 0 Å². The Morgan fingerprint density at radius 3 is 1.40 bits per heavy atom. The molecule has 10 heavy (non-hydrogen) atoms. The Bertz CT molecular complexity index is 168. The molecule has 0 saturated heterocycles. The van der Waals surface area contributed by atoms with Crippen LogP contribution in [0.15, 0.2) is 24.1 Å². The molecular weight excluding hydrogens is 115 g/mol. The van der Waals surface area contributed by atoms with Gasteiger partial charge in [-0.25, -0.2) is 0 Å². The molecular formula is C6H10B4. The molecule has 46 valence electrons. The van der Waals surface area contributed by atoms with Crippen LogP contribution in [0.4, 0.5) is 0 Å². The predicted molar refractivity (Wildman–Crippen MR) is 53.0 cm³/mol. The van der Waals surface area contributed by atoms with Crippen LogP contribution < -0.4 is 0 Å². The maximum atomic E-state index is 3.83. The summed E-state index contributed by atoms with van der Waals surface area (Å²) in [6.45, 7) is 19.4. The summed E-state index contributed by atoms with van der Waals surface area (Å²) >= 11 is 0. The summed E-state index contributed by atoms with van der Waals surface area (Å²) < 4.78 is 0. The van der Waals surface area contributed by atoms with Gasteiger partial charge in [0.1, 0.15) is 0 Å². The van der Waals surface area contributed by atoms with E-state index in [0.717, 1.165) is 10.9 Å². The van der Waals surface area contributed by atoms with Gasteiger partial charge in [-0.2, -0.15) is 0 Å². The van der Waals surface area contributed by atoms with Crippen molar-refractivity contribution in [3.05, 3.63) is 24.1 Å². The molecule has 0 aromatic rings. The second-order valence-corrected chi connectivity index (χ2v) is 2.05. The van der Waals surface area contributed by atoms with Crippen molar-refractivity contribution in [2.75, 3.05) is 0 Å². The standard InChI is InChI=1S/C6H10B4/c1-5(9-7-3)6(2)10-8-4/h1-2H2,3-4H3. The molecule has 0 heterocycles. The molecule has 0 bridgehead atoms. The zero-order chi connectivity index (χ0) is 7.98. The van der Waals surface area contributed by atoms with Crippen molar-refractivity contribution in [3.8, 4) is 0 Å². The van der Waals surface area contributed by atoms with Crippen LogP contribution in [0.1, 0.15) is 0 Å². The van der Waals surface area contributed by atoms with E-state index in [-0.39, 0.29) is 0 Å². The van der Waals surface area contributed by atoms with Gasteiger partial charge in [0.15, 0.2) is 0 Å². The van der Waals surface area contributed by atoms with Gasteiger partial charge in [-0.05, 0) is 0 Å². The minimum absolute atomic E-state index is 0.973. The van der Waals surface area contributed by atoms with Crippen molar-refractivity contribution >= 4 is 27.2 Å². The van der Waals surface area contributed by atoms with E-state index >= 15 is 0 Å². The maximum absolute atomic E-state index is 3.83. The molecule has 0 rings (SSSR count). The third kappa shape index (κ3) is 3.71. The predicted octanol–water partition coefficient (Wildman–Crippen LogP) is 0.757. The molecule has 0 nitrogen and oxygen atoms in total. The summed E-state index contributed by atoms with van der Waals surface area (Å²) in [5.41, 5.74) is 1.95. The summed E-state index contributed by atoms with van der Waals surface area (Å²) in [4.78, 5) is 0. The van der Waals surface area contributed by atoms with Gasteiger partial charge >= 0.3 is 65.0 Å². The van der Waals surface area contributed by atoms with Crippen molar-refractivity contribution in [3.63, 3.8) is 0 Å². The third-order valence-electron chi connectivity index (χ3n) is 1.15. The first-order valence-electron chi connectivity index (χ1n) is 3.36. The van der Waals surface area contributed by atoms with Gasteiger partial charge in [-0.1, -0.05) is 0 Å². The molecule has 0 fully saturated rings. The van der Waals surface area contributed by atoms with E-state index < -0.39 is 0 Å². The molecule has 0 radical (unpaired) electrons. The Morgan fingerprint density at radius 2 is 1.20 bits per heavy atom. The van der Waals surface area contributed by atoms with E-state index in [1.165, 1.54) is 0 Å². The number of hydrogen-bond acceptors (Lipinski definition) is 0. The normalized spacial score (nSPS) is 7.80. The zero-order valence-electron chi connectivity index (χ0n) is 6.72. The summed E-state index contributed by atoms with van der Waals surface area (Å²) in [6, 6.07) is 0. The van der Waals surface area contributed by atoms with Gasteiger partial charge in [0.25, 0.3) is 0 Å². The Morgan fingerprint density at radius 1 is 0.900 bits per heavy atom. The van der Waals surface area contributed by atoms with Crippen LogP contribution in [0.25, 0.3) is 0 Å². The number of rotatable bonds is 3. The van der Waals surface area contributed by atoms with E-state index in [4.69, 9.17) is 0 Å². The van der Waals surface area contributed by atoms with Crippen molar-refractivity contribution in [1.82, 2.24) is 0 Å². The SMILES string of the molecule is C=C(/B=B\C)C(=C)/B=B\C. The van der Waals surface area contributed by atoms with Crippen LogP contribution in [-0.2, 0) is 0 Å². The first-order chi connectivity index (χ1) is 4.72. The van der Waals surface area contributed by atoms with Gasteiger partial charge in [0.2, 0.25) is 0 Å². The Balaban J connectivity index is 4.09. The van der Waals surface area contributed by atoms with Gasteiger partial charge < -0.3 is 0 Å². The van der Waals surface area contributed by atoms with Crippen LogP contribution in [0.5, 0.6) is 0 Å². The summed E-state index contributed by atoms with van der Waals surface area (Å²) in [7, 11) is 0. The van der Waals surface area contributed by atoms with Crippen LogP contribution in [-0.4, -0.2) is 27.2 Å². The van der Waals surface area contributed by atoms with Crippen LogP contribution >= 0.6 is 0 Å². The molecule has 0 aliphatic rings. The molecule has 4 heteroatoms. The second-order valence-electron chi connectivity index (χ2n) is 2.05. The topological polar surface area (TPSA) is 0 Å². The van der Waals surface area contributed by atoms with E-state index in [2.05, 4.69) is 13.2 Å². The average Bonchev–Trinajstić information content (AvgIpc) is 1.89. The number of hydrogen-bond donors (Lipinski definition) is 0. The summed E-state index contributed by atoms with van der Waals surface area (Å²) in [5, 5.41) is 0. The first-order valence-corrected chi connectivity index (χ1v) is 3.36. The van der Waals surface area contributed by atoms with Crippen molar-refractivity contribution in [2.24, 2.45) is 0 Å². The minimum atomic E-state index is 0.973. The fourth-order valence-electron chi connectivity index (χ4n) is 0.616. The van der Waals surface area contributed by atoms with Gasteiger partial charge in [-0.15, -0.1) is 0 Å². The van der Waals surface area contributed by atoms with E-state index in [1.54, 1.807) is 0 Å². The van der Waals surface area contributed by atoms with Gasteiger partial charge in [0.05, 0.1) is 0 Å². The molecule has 0 saturated carbocycles. The van der Waals surface area contributed by atoms with Crippen molar-refractivity contribution in [2.45, 2.75) is 13.6 Å². The van der Waals surface area contributed by atoms with Crippen molar-refractivity contribution < 1.29 is 0 Å². The molecule has 0 aliphatic carbocycles. The van der Waals surface area contributed by atoms with Crippen LogP contribution in [0.2, 0.25) is 13.6 Å². The fraction of sp³-hybridized carbons (Fsp3) is 0.333. The monoisotopic (exact) mass is 126 g/mol. The number of allylic oxidation sites excluding steroid dienone is 2. The Labute approximate surface area is 65.6 Å². The van der Waals surface area contributed by atoms with E-state index in [1.807, 2.05) is 40.9 Å². The van der Waals surface area contributed by atoms with Crippen LogP contribution in [0, 0.1) is 0 Å². The van der Waals surface area contributed by atoms with Crippen LogP contribution in [0.3, 0.4) is 0 Å². The van der Waals surface area contributed by atoms with E-state index in [0.29, 0.717) is 0 Å². The average molecular weight is 125 g/mol. The molecule has 0 aromatic carbocycles. The van der Waals surface area contributed by atoms with Gasteiger partial charge in [0, 0.05) is 0 Å². The molecule has 0 N–H and O–H groups in total. The van der Waals surface area contributed by atoms with E-state index in [9.17, 15) is 0 Å². The molecule has 0 unspecified atom stereocenters. The fourth-order valence-corrected chi connectivity index (χ4v) is 0.616. The quantitative estimate of drug-likeness (QED) is 0.386. The molecule has 0 aliphatic heterocycles.